The van der Waals surface area contributed by atoms with Crippen LogP contribution < -0.4 is 9.64 Å². The number of para-hydroxylation sites is 2. The number of rotatable bonds is 4. The maximum Gasteiger partial charge on any atom is 0.142 e. The van der Waals surface area contributed by atoms with E-state index >= 15 is 0 Å². The Hall–Kier alpha value is -2.72. The summed E-state index contributed by atoms with van der Waals surface area (Å²) in [6.07, 6.45) is 0. The van der Waals surface area contributed by atoms with Crippen molar-refractivity contribution in [3.05, 3.63) is 66.2 Å². The number of anilines is 1. The molecule has 1 aliphatic rings. The van der Waals surface area contributed by atoms with Crippen LogP contribution in [0.1, 0.15) is 5.56 Å². The zero-order valence-corrected chi connectivity index (χ0v) is 15.1. The summed E-state index contributed by atoms with van der Waals surface area (Å²) in [5, 5.41) is 12.6. The Morgan fingerprint density at radius 1 is 0.885 bits per heavy atom. The predicted molar refractivity (Wildman–Crippen MR) is 106 cm³/mol. The van der Waals surface area contributed by atoms with Gasteiger partial charge in [0.1, 0.15) is 11.5 Å². The van der Waals surface area contributed by atoms with E-state index in [0.29, 0.717) is 5.75 Å². The van der Waals surface area contributed by atoms with Gasteiger partial charge in [-0.25, -0.2) is 0 Å². The van der Waals surface area contributed by atoms with Crippen molar-refractivity contribution in [2.75, 3.05) is 38.2 Å². The van der Waals surface area contributed by atoms with Gasteiger partial charge in [-0.15, -0.1) is 0 Å². The lowest BCUT2D eigenvalue weighted by Gasteiger charge is -2.36. The Morgan fingerprint density at radius 2 is 1.62 bits per heavy atom. The van der Waals surface area contributed by atoms with Crippen molar-refractivity contribution in [1.82, 2.24) is 4.90 Å². The zero-order valence-electron chi connectivity index (χ0n) is 15.1. The highest BCUT2D eigenvalue weighted by Gasteiger charge is 2.20. The molecule has 1 N–H and O–H groups in total. The summed E-state index contributed by atoms with van der Waals surface area (Å²) in [6, 6.07) is 20.3. The van der Waals surface area contributed by atoms with Crippen molar-refractivity contribution in [2.24, 2.45) is 0 Å². The topological polar surface area (TPSA) is 35.9 Å². The normalized spacial score (nSPS) is 15.3. The van der Waals surface area contributed by atoms with E-state index in [0.717, 1.165) is 60.5 Å². The van der Waals surface area contributed by atoms with Crippen molar-refractivity contribution in [3.63, 3.8) is 0 Å². The third-order valence-electron chi connectivity index (χ3n) is 5.18. The Kier molecular flexibility index (Phi) is 4.67. The lowest BCUT2D eigenvalue weighted by atomic mass is 10.0. The van der Waals surface area contributed by atoms with Crippen LogP contribution in [0.15, 0.2) is 60.7 Å². The number of nitrogens with zero attached hydrogens (tertiary/aromatic N) is 2. The molecule has 0 saturated carbocycles. The molecule has 4 rings (SSSR count). The number of hydrogen-bond acceptors (Lipinski definition) is 4. The molecule has 26 heavy (non-hydrogen) atoms. The molecule has 4 nitrogen and oxygen atoms in total. The minimum atomic E-state index is 0.412. The minimum Gasteiger partial charge on any atom is -0.507 e. The van der Waals surface area contributed by atoms with Crippen molar-refractivity contribution < 1.29 is 9.84 Å². The fourth-order valence-corrected chi connectivity index (χ4v) is 3.71. The summed E-state index contributed by atoms with van der Waals surface area (Å²) in [5.41, 5.74) is 2.15. The second-order valence-electron chi connectivity index (χ2n) is 6.73. The van der Waals surface area contributed by atoms with E-state index in [2.05, 4.69) is 28.0 Å². The molecule has 0 aliphatic carbocycles. The van der Waals surface area contributed by atoms with E-state index in [4.69, 9.17) is 4.74 Å². The minimum absolute atomic E-state index is 0.412. The molecule has 0 atom stereocenters. The monoisotopic (exact) mass is 348 g/mol. The maximum absolute atomic E-state index is 10.6. The number of phenols is 1. The van der Waals surface area contributed by atoms with Crippen LogP contribution in [0.5, 0.6) is 11.5 Å². The third kappa shape index (κ3) is 3.20. The van der Waals surface area contributed by atoms with Gasteiger partial charge in [0.05, 0.1) is 12.8 Å². The predicted octanol–water partition coefficient (Wildman–Crippen LogP) is 3.88. The summed E-state index contributed by atoms with van der Waals surface area (Å²) in [4.78, 5) is 4.77. The number of ether oxygens (including phenoxy) is 1. The highest BCUT2D eigenvalue weighted by molar-refractivity contribution is 5.89. The van der Waals surface area contributed by atoms with Gasteiger partial charge in [0.2, 0.25) is 0 Å². The summed E-state index contributed by atoms with van der Waals surface area (Å²) in [6.45, 7) is 4.61. The molecule has 0 spiro atoms. The average molecular weight is 348 g/mol. The number of phenolic OH excluding ortho intramolecular Hbond substituents is 1. The maximum atomic E-state index is 10.6. The molecule has 1 saturated heterocycles. The van der Waals surface area contributed by atoms with Crippen molar-refractivity contribution in [3.8, 4) is 11.5 Å². The second-order valence-corrected chi connectivity index (χ2v) is 6.73. The lowest BCUT2D eigenvalue weighted by Crippen LogP contribution is -2.46. The summed E-state index contributed by atoms with van der Waals surface area (Å²) >= 11 is 0. The first-order valence-electron chi connectivity index (χ1n) is 9.06. The Bertz CT molecular complexity index is 902. The number of hydrogen-bond donors (Lipinski definition) is 1. The number of fused-ring (bicyclic) bond motifs is 1. The zero-order chi connectivity index (χ0) is 17.9. The van der Waals surface area contributed by atoms with Crippen molar-refractivity contribution in [2.45, 2.75) is 6.54 Å². The van der Waals surface area contributed by atoms with E-state index in [1.807, 2.05) is 42.5 Å². The van der Waals surface area contributed by atoms with E-state index in [-0.39, 0.29) is 0 Å². The SMILES string of the molecule is COc1ccccc1N1CCN(Cc2ccc3ccccc3c2O)CC1. The van der Waals surface area contributed by atoms with Gasteiger partial charge in [-0.2, -0.15) is 0 Å². The molecular weight excluding hydrogens is 324 g/mol. The number of methoxy groups -OCH3 is 1. The molecule has 0 radical (unpaired) electrons. The van der Waals surface area contributed by atoms with Crippen LogP contribution in [0.2, 0.25) is 0 Å². The van der Waals surface area contributed by atoms with Gasteiger partial charge in [0.25, 0.3) is 0 Å². The van der Waals surface area contributed by atoms with Crippen LogP contribution in [-0.2, 0) is 6.54 Å². The molecule has 0 amide bonds. The Labute approximate surface area is 154 Å². The van der Waals surface area contributed by atoms with Gasteiger partial charge >= 0.3 is 0 Å². The lowest BCUT2D eigenvalue weighted by molar-refractivity contribution is 0.246. The van der Waals surface area contributed by atoms with Crippen LogP contribution >= 0.6 is 0 Å². The van der Waals surface area contributed by atoms with E-state index in [1.54, 1.807) is 7.11 Å². The van der Waals surface area contributed by atoms with Crippen molar-refractivity contribution >= 4 is 16.5 Å². The highest BCUT2D eigenvalue weighted by atomic mass is 16.5. The van der Waals surface area contributed by atoms with E-state index < -0.39 is 0 Å². The van der Waals surface area contributed by atoms with Gasteiger partial charge in [0.15, 0.2) is 0 Å². The third-order valence-corrected chi connectivity index (χ3v) is 5.18. The molecule has 1 fully saturated rings. The summed E-state index contributed by atoms with van der Waals surface area (Å²) in [5.74, 6) is 1.34. The Balaban J connectivity index is 1.45. The van der Waals surface area contributed by atoms with Crippen LogP contribution in [0, 0.1) is 0 Å². The summed E-state index contributed by atoms with van der Waals surface area (Å²) < 4.78 is 5.49. The fraction of sp³-hybridized carbons (Fsp3) is 0.273. The van der Waals surface area contributed by atoms with Gasteiger partial charge in [-0.1, -0.05) is 48.5 Å². The quantitative estimate of drug-likeness (QED) is 0.776. The molecule has 3 aromatic carbocycles. The molecule has 3 aromatic rings. The first kappa shape index (κ1) is 16.7. The first-order valence-corrected chi connectivity index (χ1v) is 9.06. The van der Waals surface area contributed by atoms with Gasteiger partial charge in [0, 0.05) is 43.7 Å². The van der Waals surface area contributed by atoms with Crippen LogP contribution in [0.25, 0.3) is 10.8 Å². The molecule has 1 heterocycles. The average Bonchev–Trinajstić information content (AvgIpc) is 2.71. The van der Waals surface area contributed by atoms with Crippen molar-refractivity contribution in [1.29, 1.82) is 0 Å². The molecule has 0 unspecified atom stereocenters. The smallest absolute Gasteiger partial charge is 0.142 e. The number of piperazine rings is 1. The summed E-state index contributed by atoms with van der Waals surface area (Å²) in [7, 11) is 1.72. The van der Waals surface area contributed by atoms with Crippen LogP contribution in [0.4, 0.5) is 5.69 Å². The second kappa shape index (κ2) is 7.26. The van der Waals surface area contributed by atoms with Crippen LogP contribution in [-0.4, -0.2) is 43.3 Å². The van der Waals surface area contributed by atoms with E-state index in [9.17, 15) is 5.11 Å². The van der Waals surface area contributed by atoms with Gasteiger partial charge < -0.3 is 14.7 Å². The molecule has 1 aliphatic heterocycles. The standard InChI is InChI=1S/C22H24N2O2/c1-26-21-9-5-4-8-20(21)24-14-12-23(13-15-24)16-18-11-10-17-6-2-3-7-19(17)22(18)25/h2-11,25H,12-16H2,1H3. The number of aromatic hydroxyl groups is 1. The molecule has 0 bridgehead atoms. The van der Waals surface area contributed by atoms with Gasteiger partial charge in [-0.05, 0) is 17.5 Å². The number of benzene rings is 3. The fourth-order valence-electron chi connectivity index (χ4n) is 3.71. The molecular formula is C22H24N2O2. The first-order chi connectivity index (χ1) is 12.8. The molecule has 134 valence electrons. The van der Waals surface area contributed by atoms with E-state index in [1.165, 1.54) is 0 Å². The largest absolute Gasteiger partial charge is 0.507 e. The Morgan fingerprint density at radius 3 is 2.42 bits per heavy atom. The van der Waals surface area contributed by atoms with Gasteiger partial charge in [-0.3, -0.25) is 4.90 Å². The van der Waals surface area contributed by atoms with Crippen LogP contribution in [0.3, 0.4) is 0 Å². The highest BCUT2D eigenvalue weighted by Crippen LogP contribution is 2.31. The molecule has 0 aromatic heterocycles. The molecule has 4 heteroatoms.